The molecule has 1 aromatic carbocycles. The average Bonchev–Trinajstić information content (AvgIpc) is 2.62. The second kappa shape index (κ2) is 4.39. The van der Waals surface area contributed by atoms with Crippen molar-refractivity contribution in [2.45, 2.75) is 6.92 Å². The van der Waals surface area contributed by atoms with E-state index in [2.05, 4.69) is 4.98 Å². The molecule has 5 heteroatoms. The summed E-state index contributed by atoms with van der Waals surface area (Å²) in [6.45, 7) is 1.94. The molecule has 2 aromatic rings. The molecule has 0 unspecified atom stereocenters. The lowest BCUT2D eigenvalue weighted by atomic mass is 10.2. The van der Waals surface area contributed by atoms with E-state index in [0.717, 1.165) is 22.4 Å². The van der Waals surface area contributed by atoms with E-state index in [1.54, 1.807) is 11.6 Å². The summed E-state index contributed by atoms with van der Waals surface area (Å²) in [5.41, 5.74) is 4.33. The Morgan fingerprint density at radius 3 is 3.00 bits per heavy atom. The fraction of sp³-hybridized carbons (Fsp3) is 0.167. The van der Waals surface area contributed by atoms with Crippen LogP contribution >= 0.6 is 0 Å². The first-order valence-electron chi connectivity index (χ1n) is 5.17. The van der Waals surface area contributed by atoms with Gasteiger partial charge in [0.1, 0.15) is 5.82 Å². The maximum atomic E-state index is 10.8. The Kier molecular flexibility index (Phi) is 2.93. The zero-order chi connectivity index (χ0) is 12.4. The van der Waals surface area contributed by atoms with E-state index >= 15 is 0 Å². The van der Waals surface area contributed by atoms with Crippen molar-refractivity contribution >= 4 is 23.0 Å². The molecule has 88 valence electrons. The number of hydroxylamine groups is 1. The number of carbonyl (C=O) groups is 1. The third-order valence-corrected chi connectivity index (χ3v) is 2.67. The fourth-order valence-electron chi connectivity index (χ4n) is 1.65. The third-order valence-electron chi connectivity index (χ3n) is 2.67. The van der Waals surface area contributed by atoms with Crippen molar-refractivity contribution < 1.29 is 10.0 Å². The normalized spacial score (nSPS) is 11.2. The van der Waals surface area contributed by atoms with Gasteiger partial charge in [0.25, 0.3) is 5.91 Å². The molecular formula is C12H13N3O2. The van der Waals surface area contributed by atoms with Crippen molar-refractivity contribution in [1.29, 1.82) is 0 Å². The Balaban J connectivity index is 2.38. The summed E-state index contributed by atoms with van der Waals surface area (Å²) in [7, 11) is 1.96. The van der Waals surface area contributed by atoms with Gasteiger partial charge < -0.3 is 4.57 Å². The quantitative estimate of drug-likeness (QED) is 0.466. The fourth-order valence-corrected chi connectivity index (χ4v) is 1.65. The zero-order valence-electron chi connectivity index (χ0n) is 9.64. The van der Waals surface area contributed by atoms with Crippen LogP contribution in [0.2, 0.25) is 0 Å². The highest BCUT2D eigenvalue weighted by atomic mass is 16.5. The summed E-state index contributed by atoms with van der Waals surface area (Å²) in [6, 6.07) is 5.74. The highest BCUT2D eigenvalue weighted by molar-refractivity contribution is 5.91. The summed E-state index contributed by atoms with van der Waals surface area (Å²) in [5.74, 6) is 0.386. The topological polar surface area (TPSA) is 67.2 Å². The van der Waals surface area contributed by atoms with Gasteiger partial charge in [-0.05, 0) is 30.7 Å². The number of hydrogen-bond donors (Lipinski definition) is 2. The van der Waals surface area contributed by atoms with E-state index in [1.807, 2.05) is 36.7 Å². The van der Waals surface area contributed by atoms with Crippen molar-refractivity contribution in [3.8, 4) is 0 Å². The van der Waals surface area contributed by atoms with Crippen LogP contribution in [0.15, 0.2) is 24.3 Å². The Morgan fingerprint density at radius 1 is 1.53 bits per heavy atom. The number of aryl methyl sites for hydroxylation is 2. The number of benzene rings is 1. The molecule has 2 N–H and O–H groups in total. The molecule has 0 aliphatic heterocycles. The smallest absolute Gasteiger partial charge is 0.267 e. The number of nitrogens with zero attached hydrogens (tertiary/aromatic N) is 2. The first-order chi connectivity index (χ1) is 8.11. The molecule has 17 heavy (non-hydrogen) atoms. The minimum Gasteiger partial charge on any atom is -0.331 e. The minimum atomic E-state index is -0.553. The monoisotopic (exact) mass is 231 g/mol. The number of nitrogens with one attached hydrogen (secondary N) is 1. The van der Waals surface area contributed by atoms with Gasteiger partial charge in [0, 0.05) is 13.1 Å². The molecule has 1 heterocycles. The summed E-state index contributed by atoms with van der Waals surface area (Å²) < 4.78 is 2.00. The highest BCUT2D eigenvalue weighted by Gasteiger charge is 2.03. The predicted molar refractivity (Wildman–Crippen MR) is 64.4 cm³/mol. The molecule has 0 radical (unpaired) electrons. The van der Waals surface area contributed by atoms with Crippen LogP contribution in [0.5, 0.6) is 0 Å². The van der Waals surface area contributed by atoms with Gasteiger partial charge in [-0.15, -0.1) is 0 Å². The second-order valence-corrected chi connectivity index (χ2v) is 3.78. The minimum absolute atomic E-state index is 0.553. The predicted octanol–water partition coefficient (Wildman–Crippen LogP) is 1.40. The van der Waals surface area contributed by atoms with Gasteiger partial charge in [0.05, 0.1) is 11.0 Å². The van der Waals surface area contributed by atoms with E-state index in [1.165, 1.54) is 6.08 Å². The SMILES string of the molecule is Cc1nc2cc(/C=C/C(=O)NO)ccc2n1C. The number of rotatable bonds is 2. The maximum absolute atomic E-state index is 10.8. The van der Waals surface area contributed by atoms with Crippen molar-refractivity contribution in [2.75, 3.05) is 0 Å². The molecule has 2 rings (SSSR count). The van der Waals surface area contributed by atoms with Crippen LogP contribution in [0.25, 0.3) is 17.1 Å². The molecule has 0 fully saturated rings. The first kappa shape index (κ1) is 11.3. The molecule has 1 aromatic heterocycles. The summed E-state index contributed by atoms with van der Waals surface area (Å²) >= 11 is 0. The Morgan fingerprint density at radius 2 is 2.29 bits per heavy atom. The zero-order valence-corrected chi connectivity index (χ0v) is 9.64. The van der Waals surface area contributed by atoms with E-state index in [-0.39, 0.29) is 0 Å². The van der Waals surface area contributed by atoms with Gasteiger partial charge in [0.2, 0.25) is 0 Å². The van der Waals surface area contributed by atoms with Gasteiger partial charge in [-0.1, -0.05) is 6.07 Å². The molecular weight excluding hydrogens is 218 g/mol. The molecule has 0 saturated carbocycles. The number of hydrogen-bond acceptors (Lipinski definition) is 3. The molecule has 0 spiro atoms. The number of imidazole rings is 1. The van der Waals surface area contributed by atoms with Gasteiger partial charge >= 0.3 is 0 Å². The van der Waals surface area contributed by atoms with Crippen molar-refractivity contribution in [2.24, 2.45) is 7.05 Å². The van der Waals surface area contributed by atoms with Crippen LogP contribution in [-0.4, -0.2) is 20.7 Å². The van der Waals surface area contributed by atoms with Crippen LogP contribution in [-0.2, 0) is 11.8 Å². The number of aromatic nitrogens is 2. The highest BCUT2D eigenvalue weighted by Crippen LogP contribution is 2.17. The Hall–Kier alpha value is -2.14. The largest absolute Gasteiger partial charge is 0.331 e. The van der Waals surface area contributed by atoms with Gasteiger partial charge in [-0.3, -0.25) is 10.0 Å². The van der Waals surface area contributed by atoms with E-state index in [9.17, 15) is 4.79 Å². The maximum Gasteiger partial charge on any atom is 0.267 e. The third kappa shape index (κ3) is 2.19. The lowest BCUT2D eigenvalue weighted by molar-refractivity contribution is -0.124. The average molecular weight is 231 g/mol. The molecule has 0 bridgehead atoms. The van der Waals surface area contributed by atoms with E-state index in [4.69, 9.17) is 5.21 Å². The van der Waals surface area contributed by atoms with Crippen LogP contribution in [0, 0.1) is 6.92 Å². The number of amides is 1. The van der Waals surface area contributed by atoms with Crippen LogP contribution in [0.4, 0.5) is 0 Å². The van der Waals surface area contributed by atoms with Crippen molar-refractivity contribution in [1.82, 2.24) is 15.0 Å². The summed E-state index contributed by atoms with van der Waals surface area (Å²) in [6.07, 6.45) is 2.88. The summed E-state index contributed by atoms with van der Waals surface area (Å²) in [4.78, 5) is 15.2. The van der Waals surface area contributed by atoms with Gasteiger partial charge in [-0.2, -0.15) is 0 Å². The number of carbonyl (C=O) groups excluding carboxylic acids is 1. The second-order valence-electron chi connectivity index (χ2n) is 3.78. The van der Waals surface area contributed by atoms with Gasteiger partial charge in [0.15, 0.2) is 0 Å². The van der Waals surface area contributed by atoms with E-state index < -0.39 is 5.91 Å². The molecule has 1 amide bonds. The van der Waals surface area contributed by atoms with Crippen molar-refractivity contribution in [3.63, 3.8) is 0 Å². The lowest BCUT2D eigenvalue weighted by Gasteiger charge is -1.97. The first-order valence-corrected chi connectivity index (χ1v) is 5.17. The Labute approximate surface area is 98.3 Å². The van der Waals surface area contributed by atoms with Crippen LogP contribution in [0.3, 0.4) is 0 Å². The van der Waals surface area contributed by atoms with Crippen LogP contribution < -0.4 is 5.48 Å². The molecule has 0 aliphatic carbocycles. The standard InChI is InChI=1S/C12H13N3O2/c1-8-13-10-7-9(4-6-12(16)14-17)3-5-11(10)15(8)2/h3-7,17H,1-2H3,(H,14,16)/b6-4+. The van der Waals surface area contributed by atoms with Crippen molar-refractivity contribution in [3.05, 3.63) is 35.7 Å². The number of fused-ring (bicyclic) bond motifs is 1. The summed E-state index contributed by atoms with van der Waals surface area (Å²) in [5, 5.41) is 8.36. The molecule has 5 nitrogen and oxygen atoms in total. The lowest BCUT2D eigenvalue weighted by Crippen LogP contribution is -2.14. The van der Waals surface area contributed by atoms with Gasteiger partial charge in [-0.25, -0.2) is 10.5 Å². The molecule has 0 saturated heterocycles. The Bertz CT molecular complexity index is 599. The molecule has 0 atom stereocenters. The van der Waals surface area contributed by atoms with Crippen LogP contribution in [0.1, 0.15) is 11.4 Å². The van der Waals surface area contributed by atoms with E-state index in [0.29, 0.717) is 0 Å². The molecule has 0 aliphatic rings.